The zero-order chi connectivity index (χ0) is 29.8. The van der Waals surface area contributed by atoms with Gasteiger partial charge < -0.3 is 4.74 Å². The van der Waals surface area contributed by atoms with Crippen molar-refractivity contribution in [2.45, 2.75) is 46.3 Å². The number of carbonyl (C=O) groups is 1. The summed E-state index contributed by atoms with van der Waals surface area (Å²) in [6.07, 6.45) is 4.33. The van der Waals surface area contributed by atoms with Crippen LogP contribution in [0.5, 0.6) is 0 Å². The molecule has 0 aliphatic heterocycles. The van der Waals surface area contributed by atoms with Gasteiger partial charge in [0, 0.05) is 52.1 Å². The fourth-order valence-electron chi connectivity index (χ4n) is 5.31. The Balaban J connectivity index is 1.59. The Bertz CT molecular complexity index is 1960. The van der Waals surface area contributed by atoms with Gasteiger partial charge in [0.2, 0.25) is 0 Å². The van der Waals surface area contributed by atoms with Crippen LogP contribution in [-0.2, 0) is 16.6 Å². The van der Waals surface area contributed by atoms with E-state index < -0.39 is 11.7 Å². The van der Waals surface area contributed by atoms with Crippen molar-refractivity contribution in [3.63, 3.8) is 0 Å². The molecule has 212 valence electrons. The lowest BCUT2D eigenvalue weighted by atomic mass is 9.90. The molecule has 0 radical (unpaired) electrons. The lowest BCUT2D eigenvalue weighted by molar-refractivity contribution is -0.138. The molecule has 0 aliphatic carbocycles. The molecule has 0 spiro atoms. The highest BCUT2D eigenvalue weighted by molar-refractivity contribution is 7.22. The monoisotopic (exact) mass is 595 g/mol. The summed E-state index contributed by atoms with van der Waals surface area (Å²) in [5, 5.41) is 7.26. The Morgan fingerprint density at radius 1 is 1.00 bits per heavy atom. The van der Waals surface area contributed by atoms with Crippen molar-refractivity contribution >= 4 is 49.8 Å². The molecule has 6 rings (SSSR count). The standard InChI is InChI=1S/C33H30ClN5O2S/c1-18-13-25-31(28(20-7-10-23(34)11-8-20)27(18)30(19(2)40)41-33(3,4)5)42-32(37-25)21-9-12-26-24(14-21)29(38-39(26)6)22-15-35-17-36-16-22/h7-17,30H,1-6H3/t30-/m1/s1. The summed E-state index contributed by atoms with van der Waals surface area (Å²) >= 11 is 7.88. The SMILES string of the molecule is CC(=O)[C@@H](OC(C)(C)C)c1c(C)cc2nc(-c3ccc4c(c3)c(-c3cncnc3)nn4C)sc2c1-c1ccc(Cl)cc1. The first-order chi connectivity index (χ1) is 20.0. The third-order valence-corrected chi connectivity index (χ3v) is 8.48. The second kappa shape index (κ2) is 10.7. The van der Waals surface area contributed by atoms with Gasteiger partial charge in [-0.05, 0) is 82.1 Å². The zero-order valence-corrected chi connectivity index (χ0v) is 25.8. The van der Waals surface area contributed by atoms with Crippen LogP contribution in [0, 0.1) is 6.92 Å². The van der Waals surface area contributed by atoms with E-state index >= 15 is 0 Å². The minimum atomic E-state index is -0.729. The molecule has 42 heavy (non-hydrogen) atoms. The largest absolute Gasteiger partial charge is 0.360 e. The average molecular weight is 596 g/mol. The Labute approximate surface area is 253 Å². The molecule has 1 atom stereocenters. The summed E-state index contributed by atoms with van der Waals surface area (Å²) in [6.45, 7) is 9.50. The average Bonchev–Trinajstić information content (AvgIpc) is 3.52. The summed E-state index contributed by atoms with van der Waals surface area (Å²) in [5.74, 6) is -0.0493. The number of ether oxygens (including phenoxy) is 1. The maximum absolute atomic E-state index is 13.1. The number of Topliss-reactive ketones (excluding diaryl/α,β-unsaturated/α-hetero) is 1. The van der Waals surface area contributed by atoms with Crippen LogP contribution in [0.15, 0.2) is 67.3 Å². The molecule has 0 N–H and O–H groups in total. The summed E-state index contributed by atoms with van der Waals surface area (Å²) in [5.41, 5.74) is 7.70. The van der Waals surface area contributed by atoms with Gasteiger partial charge >= 0.3 is 0 Å². The van der Waals surface area contributed by atoms with E-state index in [1.54, 1.807) is 30.7 Å². The van der Waals surface area contributed by atoms with Gasteiger partial charge in [0.25, 0.3) is 0 Å². The van der Waals surface area contributed by atoms with Crippen LogP contribution in [-0.4, -0.2) is 36.1 Å². The maximum atomic E-state index is 13.1. The van der Waals surface area contributed by atoms with Gasteiger partial charge in [-0.3, -0.25) is 9.48 Å². The number of thiazole rings is 1. The van der Waals surface area contributed by atoms with Gasteiger partial charge in [0.1, 0.15) is 23.1 Å². The third kappa shape index (κ3) is 5.22. The van der Waals surface area contributed by atoms with E-state index in [0.29, 0.717) is 5.02 Å². The van der Waals surface area contributed by atoms with E-state index in [1.807, 2.05) is 63.7 Å². The Morgan fingerprint density at radius 3 is 2.36 bits per heavy atom. The second-order valence-corrected chi connectivity index (χ2v) is 12.8. The number of aromatic nitrogens is 5. The molecule has 0 amide bonds. The summed E-state index contributed by atoms with van der Waals surface area (Å²) in [7, 11) is 1.93. The zero-order valence-electron chi connectivity index (χ0n) is 24.3. The van der Waals surface area contributed by atoms with Gasteiger partial charge in [-0.15, -0.1) is 11.3 Å². The lowest BCUT2D eigenvalue weighted by Gasteiger charge is -2.29. The van der Waals surface area contributed by atoms with E-state index in [0.717, 1.165) is 65.2 Å². The van der Waals surface area contributed by atoms with Crippen LogP contribution in [0.1, 0.15) is 44.9 Å². The number of carbonyl (C=O) groups excluding carboxylic acids is 1. The van der Waals surface area contributed by atoms with Gasteiger partial charge in [0.15, 0.2) is 5.78 Å². The summed E-state index contributed by atoms with van der Waals surface area (Å²) < 4.78 is 9.24. The first kappa shape index (κ1) is 28.2. The van der Waals surface area contributed by atoms with E-state index in [1.165, 1.54) is 6.33 Å². The fraction of sp³-hybridized carbons (Fsp3) is 0.242. The highest BCUT2D eigenvalue weighted by Gasteiger charge is 2.30. The quantitative estimate of drug-likeness (QED) is 0.192. The number of benzene rings is 3. The van der Waals surface area contributed by atoms with Crippen molar-refractivity contribution in [2.75, 3.05) is 0 Å². The van der Waals surface area contributed by atoms with Crippen molar-refractivity contribution in [2.24, 2.45) is 7.05 Å². The Kier molecular flexibility index (Phi) is 7.17. The molecule has 0 bridgehead atoms. The van der Waals surface area contributed by atoms with E-state index in [-0.39, 0.29) is 5.78 Å². The number of aryl methyl sites for hydroxylation is 2. The molecule has 6 aromatic rings. The van der Waals surface area contributed by atoms with Crippen LogP contribution in [0.4, 0.5) is 0 Å². The minimum Gasteiger partial charge on any atom is -0.360 e. The van der Waals surface area contributed by atoms with Crippen LogP contribution in [0.25, 0.3) is 54.1 Å². The van der Waals surface area contributed by atoms with E-state index in [2.05, 4.69) is 34.2 Å². The van der Waals surface area contributed by atoms with Crippen molar-refractivity contribution < 1.29 is 9.53 Å². The molecule has 0 fully saturated rings. The second-order valence-electron chi connectivity index (χ2n) is 11.4. The number of nitrogens with zero attached hydrogens (tertiary/aromatic N) is 5. The van der Waals surface area contributed by atoms with E-state index in [9.17, 15) is 4.79 Å². The van der Waals surface area contributed by atoms with Gasteiger partial charge in [0.05, 0.1) is 21.3 Å². The van der Waals surface area contributed by atoms with Crippen LogP contribution in [0.2, 0.25) is 5.02 Å². The van der Waals surface area contributed by atoms with Gasteiger partial charge in [-0.25, -0.2) is 15.0 Å². The summed E-state index contributed by atoms with van der Waals surface area (Å²) in [6, 6.07) is 16.0. The number of rotatable bonds is 6. The molecule has 3 heterocycles. The van der Waals surface area contributed by atoms with E-state index in [4.69, 9.17) is 26.4 Å². The van der Waals surface area contributed by atoms with Crippen LogP contribution < -0.4 is 0 Å². The van der Waals surface area contributed by atoms with Crippen molar-refractivity contribution in [1.82, 2.24) is 24.7 Å². The molecule has 0 saturated heterocycles. The van der Waals surface area contributed by atoms with Crippen LogP contribution >= 0.6 is 22.9 Å². The van der Waals surface area contributed by atoms with Crippen molar-refractivity contribution in [1.29, 1.82) is 0 Å². The lowest BCUT2D eigenvalue weighted by Crippen LogP contribution is -2.27. The first-order valence-corrected chi connectivity index (χ1v) is 14.8. The predicted octanol–water partition coefficient (Wildman–Crippen LogP) is 8.38. The third-order valence-electron chi connectivity index (χ3n) is 7.09. The molecule has 3 aromatic carbocycles. The summed E-state index contributed by atoms with van der Waals surface area (Å²) in [4.78, 5) is 26.5. The molecule has 0 saturated carbocycles. The molecular weight excluding hydrogens is 566 g/mol. The number of hydrogen-bond acceptors (Lipinski definition) is 7. The molecule has 3 aromatic heterocycles. The smallest absolute Gasteiger partial charge is 0.163 e. The number of hydrogen-bond donors (Lipinski definition) is 0. The Hall–Kier alpha value is -3.98. The highest BCUT2D eigenvalue weighted by atomic mass is 35.5. The first-order valence-electron chi connectivity index (χ1n) is 13.6. The molecule has 7 nitrogen and oxygen atoms in total. The van der Waals surface area contributed by atoms with Gasteiger partial charge in [-0.2, -0.15) is 5.10 Å². The predicted molar refractivity (Wildman–Crippen MR) is 170 cm³/mol. The highest BCUT2D eigenvalue weighted by Crippen LogP contribution is 2.45. The van der Waals surface area contributed by atoms with Gasteiger partial charge in [-0.1, -0.05) is 23.7 Å². The Morgan fingerprint density at radius 2 is 1.69 bits per heavy atom. The number of halogens is 1. The minimum absolute atomic E-state index is 0.0493. The molecule has 9 heteroatoms. The normalized spacial score (nSPS) is 12.7. The fourth-order valence-corrected chi connectivity index (χ4v) is 6.55. The maximum Gasteiger partial charge on any atom is 0.163 e. The molecule has 0 unspecified atom stereocenters. The molecular formula is C33H30ClN5O2S. The number of fused-ring (bicyclic) bond motifs is 2. The van der Waals surface area contributed by atoms with Crippen molar-refractivity contribution in [3.05, 3.63) is 83.4 Å². The van der Waals surface area contributed by atoms with Crippen molar-refractivity contribution in [3.8, 4) is 33.0 Å². The topological polar surface area (TPSA) is 82.8 Å². The number of ketones is 1. The molecule has 0 aliphatic rings. The van der Waals surface area contributed by atoms with Crippen LogP contribution in [0.3, 0.4) is 0 Å².